The molecule has 0 bridgehead atoms. The molecule has 0 fully saturated rings. The van der Waals surface area contributed by atoms with Crippen LogP contribution in [0.25, 0.3) is 21.3 Å². The van der Waals surface area contributed by atoms with Crippen molar-refractivity contribution in [2.24, 2.45) is 0 Å². The number of aromatic amines is 1. The van der Waals surface area contributed by atoms with Gasteiger partial charge in [-0.05, 0) is 36.3 Å². The number of aryl methyl sites for hydroxylation is 1. The van der Waals surface area contributed by atoms with Crippen LogP contribution in [0, 0.1) is 12.7 Å². The summed E-state index contributed by atoms with van der Waals surface area (Å²) in [5.74, 6) is -0.707. The Bertz CT molecular complexity index is 1050. The fourth-order valence-corrected chi connectivity index (χ4v) is 3.63. The predicted octanol–water partition coefficient (Wildman–Crippen LogP) is 3.96. The molecule has 5 nitrogen and oxygen atoms in total. The summed E-state index contributed by atoms with van der Waals surface area (Å²) in [5.41, 5.74) is 0.784. The third-order valence-electron chi connectivity index (χ3n) is 3.56. The van der Waals surface area contributed by atoms with Crippen LogP contribution in [0.15, 0.2) is 29.1 Å². The molecule has 1 aromatic carbocycles. The van der Waals surface area contributed by atoms with Gasteiger partial charge in [-0.15, -0.1) is 11.3 Å². The van der Waals surface area contributed by atoms with Crippen LogP contribution in [-0.4, -0.2) is 23.0 Å². The molecule has 0 unspecified atom stereocenters. The molecular weight excluding hydrogens is 367 g/mol. The Morgan fingerprint density at radius 1 is 1.36 bits per heavy atom. The highest BCUT2D eigenvalue weighted by Crippen LogP contribution is 2.29. The first-order chi connectivity index (χ1) is 11.9. The molecule has 0 aliphatic heterocycles. The molecule has 0 aliphatic rings. The Morgan fingerprint density at radius 3 is 2.68 bits per heavy atom. The zero-order valence-electron chi connectivity index (χ0n) is 13.2. The summed E-state index contributed by atoms with van der Waals surface area (Å²) in [6.45, 7) is 1.66. The number of ether oxygens (including phenoxy) is 1. The molecule has 2 aromatic heterocycles. The summed E-state index contributed by atoms with van der Waals surface area (Å²) >= 11 is 7.31. The van der Waals surface area contributed by atoms with Gasteiger partial charge in [0.25, 0.3) is 5.56 Å². The number of benzene rings is 1. The number of carbonyl (C=O) groups excluding carboxylic acids is 1. The number of fused-ring (bicyclic) bond motifs is 1. The van der Waals surface area contributed by atoms with E-state index < -0.39 is 11.5 Å². The number of thiophene rings is 1. The standard InChI is InChI=1S/C17H12ClFN2O3S/c1-8-12-15(22)20-14(21-16(12)25-13(8)17(23)24-2)11(18)7-9-3-5-10(19)6-4-9/h3-7H,1-2H3,(H,20,21,22)/b11-7-. The SMILES string of the molecule is COC(=O)c1sc2nc(/C(Cl)=C/c3ccc(F)cc3)[nH]c(=O)c2c1C. The highest BCUT2D eigenvalue weighted by molar-refractivity contribution is 7.20. The minimum Gasteiger partial charge on any atom is -0.465 e. The molecule has 1 N–H and O–H groups in total. The molecule has 3 rings (SSSR count). The van der Waals surface area contributed by atoms with Gasteiger partial charge >= 0.3 is 5.97 Å². The third-order valence-corrected chi connectivity index (χ3v) is 5.01. The number of H-pyrrole nitrogens is 1. The van der Waals surface area contributed by atoms with Crippen molar-refractivity contribution in [2.75, 3.05) is 7.11 Å². The Labute approximate surface area is 150 Å². The number of nitrogens with one attached hydrogen (secondary N) is 1. The summed E-state index contributed by atoms with van der Waals surface area (Å²) in [6, 6.07) is 5.72. The van der Waals surface area contributed by atoms with E-state index in [1.807, 2.05) is 0 Å². The predicted molar refractivity (Wildman–Crippen MR) is 96.4 cm³/mol. The zero-order valence-corrected chi connectivity index (χ0v) is 14.8. The number of esters is 1. The van der Waals surface area contributed by atoms with Crippen molar-refractivity contribution in [1.29, 1.82) is 0 Å². The number of carbonyl (C=O) groups is 1. The average molecular weight is 379 g/mol. The second-order valence-corrected chi connectivity index (χ2v) is 6.59. The highest BCUT2D eigenvalue weighted by atomic mass is 35.5. The van der Waals surface area contributed by atoms with Crippen molar-refractivity contribution in [3.05, 3.63) is 62.3 Å². The first-order valence-electron chi connectivity index (χ1n) is 7.15. The summed E-state index contributed by atoms with van der Waals surface area (Å²) in [5, 5.41) is 0.525. The van der Waals surface area contributed by atoms with E-state index in [0.717, 1.165) is 11.3 Å². The fraction of sp³-hybridized carbons (Fsp3) is 0.118. The lowest BCUT2D eigenvalue weighted by atomic mass is 10.2. The first kappa shape index (κ1) is 17.3. The number of methoxy groups -OCH3 is 1. The molecule has 128 valence electrons. The number of aromatic nitrogens is 2. The maximum atomic E-state index is 13.0. The average Bonchev–Trinajstić information content (AvgIpc) is 2.93. The van der Waals surface area contributed by atoms with E-state index in [1.165, 1.54) is 19.2 Å². The Balaban J connectivity index is 2.10. The van der Waals surface area contributed by atoms with Crippen LogP contribution in [0.2, 0.25) is 0 Å². The number of halogens is 2. The lowest BCUT2D eigenvalue weighted by molar-refractivity contribution is 0.0605. The van der Waals surface area contributed by atoms with Crippen LogP contribution in [0.4, 0.5) is 4.39 Å². The van der Waals surface area contributed by atoms with Gasteiger partial charge in [-0.3, -0.25) is 4.79 Å². The fourth-order valence-electron chi connectivity index (χ4n) is 2.32. The van der Waals surface area contributed by atoms with Gasteiger partial charge in [0.15, 0.2) is 5.82 Å². The maximum absolute atomic E-state index is 13.0. The van der Waals surface area contributed by atoms with Crippen LogP contribution in [0.5, 0.6) is 0 Å². The van der Waals surface area contributed by atoms with E-state index in [9.17, 15) is 14.0 Å². The molecule has 0 aliphatic carbocycles. The topological polar surface area (TPSA) is 72.0 Å². The lowest BCUT2D eigenvalue weighted by Gasteiger charge is -2.00. The molecule has 2 heterocycles. The van der Waals surface area contributed by atoms with E-state index >= 15 is 0 Å². The van der Waals surface area contributed by atoms with Gasteiger partial charge in [-0.1, -0.05) is 23.7 Å². The summed E-state index contributed by atoms with van der Waals surface area (Å²) in [4.78, 5) is 31.8. The van der Waals surface area contributed by atoms with Gasteiger partial charge in [0, 0.05) is 0 Å². The van der Waals surface area contributed by atoms with Crippen molar-refractivity contribution in [3.63, 3.8) is 0 Å². The maximum Gasteiger partial charge on any atom is 0.348 e. The lowest BCUT2D eigenvalue weighted by Crippen LogP contribution is -2.10. The van der Waals surface area contributed by atoms with E-state index in [2.05, 4.69) is 9.97 Å². The van der Waals surface area contributed by atoms with Crippen LogP contribution >= 0.6 is 22.9 Å². The first-order valence-corrected chi connectivity index (χ1v) is 8.35. The molecule has 25 heavy (non-hydrogen) atoms. The minimum atomic E-state index is -0.519. The number of hydrogen-bond donors (Lipinski definition) is 1. The van der Waals surface area contributed by atoms with Gasteiger partial charge < -0.3 is 9.72 Å². The molecule has 0 amide bonds. The van der Waals surface area contributed by atoms with Gasteiger partial charge in [0.2, 0.25) is 0 Å². The quantitative estimate of drug-likeness (QED) is 0.700. The molecule has 0 atom stereocenters. The van der Waals surface area contributed by atoms with E-state index in [0.29, 0.717) is 26.2 Å². The van der Waals surface area contributed by atoms with E-state index in [1.54, 1.807) is 25.1 Å². The molecule has 0 saturated carbocycles. The smallest absolute Gasteiger partial charge is 0.348 e. The van der Waals surface area contributed by atoms with Crippen molar-refractivity contribution < 1.29 is 13.9 Å². The largest absolute Gasteiger partial charge is 0.465 e. The molecule has 0 radical (unpaired) electrons. The van der Waals surface area contributed by atoms with Crippen LogP contribution in [0.1, 0.15) is 26.6 Å². The Kier molecular flexibility index (Phi) is 4.69. The van der Waals surface area contributed by atoms with Crippen molar-refractivity contribution in [2.45, 2.75) is 6.92 Å². The molecule has 3 aromatic rings. The van der Waals surface area contributed by atoms with Crippen LogP contribution < -0.4 is 5.56 Å². The van der Waals surface area contributed by atoms with Crippen molar-refractivity contribution >= 4 is 50.2 Å². The molecule has 0 saturated heterocycles. The number of rotatable bonds is 3. The van der Waals surface area contributed by atoms with Crippen molar-refractivity contribution in [3.8, 4) is 0 Å². The molecule has 0 spiro atoms. The Morgan fingerprint density at radius 2 is 2.04 bits per heavy atom. The summed E-state index contributed by atoms with van der Waals surface area (Å²) in [6.07, 6.45) is 1.56. The van der Waals surface area contributed by atoms with Crippen LogP contribution in [0.3, 0.4) is 0 Å². The normalized spacial score (nSPS) is 11.8. The summed E-state index contributed by atoms with van der Waals surface area (Å²) in [7, 11) is 1.28. The van der Waals surface area contributed by atoms with E-state index in [-0.39, 0.29) is 16.7 Å². The molecule has 8 heteroatoms. The van der Waals surface area contributed by atoms with Crippen LogP contribution in [-0.2, 0) is 4.74 Å². The van der Waals surface area contributed by atoms with Gasteiger partial charge in [-0.2, -0.15) is 0 Å². The minimum absolute atomic E-state index is 0.168. The van der Waals surface area contributed by atoms with E-state index in [4.69, 9.17) is 16.3 Å². The van der Waals surface area contributed by atoms with Gasteiger partial charge in [0.05, 0.1) is 17.5 Å². The second kappa shape index (κ2) is 6.78. The third kappa shape index (κ3) is 3.33. The summed E-state index contributed by atoms with van der Waals surface area (Å²) < 4.78 is 17.7. The van der Waals surface area contributed by atoms with Gasteiger partial charge in [-0.25, -0.2) is 14.2 Å². The van der Waals surface area contributed by atoms with Crippen molar-refractivity contribution in [1.82, 2.24) is 9.97 Å². The zero-order chi connectivity index (χ0) is 18.1. The molecular formula is C17H12ClFN2O3S. The monoisotopic (exact) mass is 378 g/mol. The highest BCUT2D eigenvalue weighted by Gasteiger charge is 2.20. The Hall–Kier alpha value is -2.51. The van der Waals surface area contributed by atoms with Gasteiger partial charge in [0.1, 0.15) is 15.5 Å². The number of nitrogens with zero attached hydrogens (tertiary/aromatic N) is 1. The number of hydrogen-bond acceptors (Lipinski definition) is 5. The second-order valence-electron chi connectivity index (χ2n) is 5.19.